The summed E-state index contributed by atoms with van der Waals surface area (Å²) in [5.74, 6) is -0.180. The third-order valence-electron chi connectivity index (χ3n) is 3.52. The average molecular weight is 397 g/mol. The SMILES string of the molecule is Cc1cc(Br)cc(N)c1NS(=O)(=O)C1CCS(=O)(=O)CC1. The topological polar surface area (TPSA) is 106 Å². The van der Waals surface area contributed by atoms with Crippen LogP contribution in [0.3, 0.4) is 0 Å². The molecule has 0 aliphatic carbocycles. The molecule has 1 fully saturated rings. The Morgan fingerprint density at radius 2 is 1.86 bits per heavy atom. The van der Waals surface area contributed by atoms with Crippen LogP contribution in [0.2, 0.25) is 0 Å². The molecule has 1 aromatic carbocycles. The molecule has 0 amide bonds. The van der Waals surface area contributed by atoms with Gasteiger partial charge in [-0.1, -0.05) is 15.9 Å². The summed E-state index contributed by atoms with van der Waals surface area (Å²) in [7, 11) is -6.75. The van der Waals surface area contributed by atoms with E-state index in [0.717, 1.165) is 4.47 Å². The van der Waals surface area contributed by atoms with E-state index < -0.39 is 25.1 Å². The number of hydrogen-bond donors (Lipinski definition) is 2. The highest BCUT2D eigenvalue weighted by atomic mass is 79.9. The quantitative estimate of drug-likeness (QED) is 0.755. The van der Waals surface area contributed by atoms with Gasteiger partial charge in [-0.25, -0.2) is 16.8 Å². The van der Waals surface area contributed by atoms with Crippen molar-refractivity contribution in [1.82, 2.24) is 0 Å². The van der Waals surface area contributed by atoms with Crippen LogP contribution in [0.1, 0.15) is 18.4 Å². The van der Waals surface area contributed by atoms with Gasteiger partial charge in [-0.05, 0) is 37.5 Å². The summed E-state index contributed by atoms with van der Waals surface area (Å²) in [6.45, 7) is 1.75. The number of rotatable bonds is 3. The Balaban J connectivity index is 2.23. The van der Waals surface area contributed by atoms with Crippen LogP contribution in [-0.4, -0.2) is 33.6 Å². The highest BCUT2D eigenvalue weighted by Crippen LogP contribution is 2.30. The standard InChI is InChI=1S/C12H17BrN2O4S2/c1-8-6-9(13)7-11(14)12(8)15-21(18,19)10-2-4-20(16,17)5-3-10/h6-7,10,15H,2-5,14H2,1H3. The van der Waals surface area contributed by atoms with Crippen molar-refractivity contribution >= 4 is 47.2 Å². The Labute approximate surface area is 133 Å². The molecule has 1 saturated heterocycles. The van der Waals surface area contributed by atoms with Gasteiger partial charge in [0, 0.05) is 4.47 Å². The monoisotopic (exact) mass is 396 g/mol. The van der Waals surface area contributed by atoms with E-state index in [4.69, 9.17) is 5.73 Å². The first-order chi connectivity index (χ1) is 9.61. The van der Waals surface area contributed by atoms with E-state index in [1.54, 1.807) is 19.1 Å². The minimum atomic E-state index is -3.65. The van der Waals surface area contributed by atoms with Gasteiger partial charge in [0.25, 0.3) is 0 Å². The minimum absolute atomic E-state index is 0.0899. The number of aryl methyl sites for hydroxylation is 1. The number of nitrogens with two attached hydrogens (primary N) is 1. The summed E-state index contributed by atoms with van der Waals surface area (Å²) in [5.41, 5.74) is 7.23. The fraction of sp³-hybridized carbons (Fsp3) is 0.500. The zero-order valence-corrected chi connectivity index (χ0v) is 14.7. The predicted molar refractivity (Wildman–Crippen MR) is 87.5 cm³/mol. The second-order valence-electron chi connectivity index (χ2n) is 5.19. The Kier molecular flexibility index (Phi) is 4.55. The van der Waals surface area contributed by atoms with E-state index in [9.17, 15) is 16.8 Å². The third kappa shape index (κ3) is 3.89. The largest absolute Gasteiger partial charge is 0.397 e. The van der Waals surface area contributed by atoms with E-state index in [1.807, 2.05) is 0 Å². The molecule has 3 N–H and O–H groups in total. The lowest BCUT2D eigenvalue weighted by atomic mass is 10.2. The van der Waals surface area contributed by atoms with Gasteiger partial charge in [0.15, 0.2) is 0 Å². The van der Waals surface area contributed by atoms with E-state index in [0.29, 0.717) is 16.9 Å². The maximum Gasteiger partial charge on any atom is 0.235 e. The highest BCUT2D eigenvalue weighted by Gasteiger charge is 2.33. The molecule has 1 aromatic rings. The molecular formula is C12H17BrN2O4S2. The summed E-state index contributed by atoms with van der Waals surface area (Å²) in [6, 6.07) is 3.38. The first kappa shape index (κ1) is 16.6. The summed E-state index contributed by atoms with van der Waals surface area (Å²) >= 11 is 3.29. The van der Waals surface area contributed by atoms with Gasteiger partial charge in [0.2, 0.25) is 10.0 Å². The Morgan fingerprint density at radius 3 is 2.38 bits per heavy atom. The van der Waals surface area contributed by atoms with Crippen molar-refractivity contribution in [2.24, 2.45) is 0 Å². The Hall–Kier alpha value is -0.800. The van der Waals surface area contributed by atoms with E-state index >= 15 is 0 Å². The first-order valence-corrected chi connectivity index (χ1v) is 10.5. The van der Waals surface area contributed by atoms with Crippen molar-refractivity contribution in [2.45, 2.75) is 25.0 Å². The number of anilines is 2. The molecule has 1 heterocycles. The summed E-state index contributed by atoms with van der Waals surface area (Å²) < 4.78 is 50.8. The molecule has 0 aromatic heterocycles. The van der Waals surface area contributed by atoms with Crippen LogP contribution in [0.5, 0.6) is 0 Å². The summed E-state index contributed by atoms with van der Waals surface area (Å²) in [4.78, 5) is 0. The molecule has 1 aliphatic heterocycles. The van der Waals surface area contributed by atoms with Crippen molar-refractivity contribution in [3.05, 3.63) is 22.2 Å². The molecule has 0 bridgehead atoms. The highest BCUT2D eigenvalue weighted by molar-refractivity contribution is 9.10. The molecule has 0 unspecified atom stereocenters. The van der Waals surface area contributed by atoms with Crippen molar-refractivity contribution < 1.29 is 16.8 Å². The number of nitrogens with one attached hydrogen (secondary N) is 1. The second-order valence-corrected chi connectivity index (χ2v) is 10.4. The molecular weight excluding hydrogens is 380 g/mol. The van der Waals surface area contributed by atoms with E-state index in [2.05, 4.69) is 20.7 Å². The van der Waals surface area contributed by atoms with Crippen molar-refractivity contribution in [3.63, 3.8) is 0 Å². The molecule has 0 radical (unpaired) electrons. The average Bonchev–Trinajstić information content (AvgIpc) is 2.33. The second kappa shape index (κ2) is 5.77. The van der Waals surface area contributed by atoms with Crippen LogP contribution < -0.4 is 10.5 Å². The number of sulfone groups is 1. The lowest BCUT2D eigenvalue weighted by Gasteiger charge is -2.23. The smallest absolute Gasteiger partial charge is 0.235 e. The van der Waals surface area contributed by atoms with Gasteiger partial charge >= 0.3 is 0 Å². The van der Waals surface area contributed by atoms with Crippen LogP contribution in [0.25, 0.3) is 0 Å². The molecule has 6 nitrogen and oxygen atoms in total. The van der Waals surface area contributed by atoms with Crippen molar-refractivity contribution in [2.75, 3.05) is 22.0 Å². The van der Waals surface area contributed by atoms with Gasteiger partial charge in [-0.2, -0.15) is 0 Å². The Morgan fingerprint density at radius 1 is 1.29 bits per heavy atom. The van der Waals surface area contributed by atoms with Gasteiger partial charge in [0.05, 0.1) is 28.1 Å². The first-order valence-electron chi connectivity index (χ1n) is 6.38. The lowest BCUT2D eigenvalue weighted by molar-refractivity contribution is 0.555. The van der Waals surface area contributed by atoms with E-state index in [-0.39, 0.29) is 24.3 Å². The lowest BCUT2D eigenvalue weighted by Crippen LogP contribution is -2.36. The maximum absolute atomic E-state index is 12.4. The van der Waals surface area contributed by atoms with Gasteiger partial charge in [-0.3, -0.25) is 4.72 Å². The van der Waals surface area contributed by atoms with E-state index in [1.165, 1.54) is 0 Å². The predicted octanol–water partition coefficient (Wildman–Crippen LogP) is 1.66. The van der Waals surface area contributed by atoms with Crippen molar-refractivity contribution in [1.29, 1.82) is 0 Å². The Bertz CT molecular complexity index is 722. The number of halogens is 1. The minimum Gasteiger partial charge on any atom is -0.397 e. The van der Waals surface area contributed by atoms with Gasteiger partial charge < -0.3 is 5.73 Å². The normalized spacial score (nSPS) is 19.3. The summed E-state index contributed by atoms with van der Waals surface area (Å²) in [5, 5.41) is -0.705. The molecule has 0 spiro atoms. The number of hydrogen-bond acceptors (Lipinski definition) is 5. The molecule has 2 rings (SSSR count). The molecule has 0 atom stereocenters. The molecule has 21 heavy (non-hydrogen) atoms. The summed E-state index contributed by atoms with van der Waals surface area (Å²) in [6.07, 6.45) is 0.236. The van der Waals surface area contributed by atoms with Gasteiger partial charge in [-0.15, -0.1) is 0 Å². The van der Waals surface area contributed by atoms with Crippen LogP contribution in [-0.2, 0) is 19.9 Å². The van der Waals surface area contributed by atoms with Crippen molar-refractivity contribution in [3.8, 4) is 0 Å². The number of sulfonamides is 1. The van der Waals surface area contributed by atoms with Crippen LogP contribution in [0.4, 0.5) is 11.4 Å². The fourth-order valence-electron chi connectivity index (χ4n) is 2.31. The maximum atomic E-state index is 12.4. The van der Waals surface area contributed by atoms with Crippen LogP contribution in [0, 0.1) is 6.92 Å². The van der Waals surface area contributed by atoms with Gasteiger partial charge in [0.1, 0.15) is 9.84 Å². The van der Waals surface area contributed by atoms with Crippen LogP contribution >= 0.6 is 15.9 Å². The number of nitrogen functional groups attached to an aromatic ring is 1. The third-order valence-corrected chi connectivity index (χ3v) is 7.53. The molecule has 118 valence electrons. The molecule has 1 aliphatic rings. The molecule has 0 saturated carbocycles. The fourth-order valence-corrected chi connectivity index (χ4v) is 6.28. The zero-order chi connectivity index (χ0) is 15.8. The van der Waals surface area contributed by atoms with Crippen LogP contribution in [0.15, 0.2) is 16.6 Å². The number of benzene rings is 1. The molecule has 9 heteroatoms. The zero-order valence-electron chi connectivity index (χ0n) is 11.5.